The monoisotopic (exact) mass is 833 g/mol. The SMILES string of the molecule is CC1(C)c2ccccc2C2(c3ccccc3Oc3cc(-c4ccccc4-c4nc(-c5cccc(-c6ccccc6)c5)nc(-c5cccc(-c6ccccc6)c5)n4)ccc32)c2ccccc21. The number of benzene rings is 9. The van der Waals surface area contributed by atoms with Gasteiger partial charge in [0.1, 0.15) is 11.5 Å². The number of ether oxygens (including phenoxy) is 1. The predicted molar refractivity (Wildman–Crippen MR) is 263 cm³/mol. The van der Waals surface area contributed by atoms with Gasteiger partial charge in [-0.2, -0.15) is 0 Å². The average molecular weight is 834 g/mol. The minimum atomic E-state index is -0.592. The van der Waals surface area contributed by atoms with E-state index in [1.165, 1.54) is 22.3 Å². The Hall–Kier alpha value is -8.21. The quantitative estimate of drug-likeness (QED) is 0.167. The van der Waals surface area contributed by atoms with Crippen molar-refractivity contribution in [1.29, 1.82) is 0 Å². The Kier molecular flexibility index (Phi) is 9.03. The highest BCUT2D eigenvalue weighted by molar-refractivity contribution is 5.85. The summed E-state index contributed by atoms with van der Waals surface area (Å²) in [4.78, 5) is 15.8. The molecule has 1 aliphatic heterocycles. The number of hydrogen-bond acceptors (Lipinski definition) is 4. The molecule has 0 saturated heterocycles. The molecular formula is C61H43N3O. The second-order valence-electron chi connectivity index (χ2n) is 17.5. The van der Waals surface area contributed by atoms with Crippen LogP contribution >= 0.6 is 0 Å². The van der Waals surface area contributed by atoms with Gasteiger partial charge in [-0.1, -0.05) is 214 Å². The van der Waals surface area contributed by atoms with Crippen molar-refractivity contribution in [2.24, 2.45) is 0 Å². The van der Waals surface area contributed by atoms with Crippen molar-refractivity contribution in [2.45, 2.75) is 24.7 Å². The summed E-state index contributed by atoms with van der Waals surface area (Å²) >= 11 is 0. The van der Waals surface area contributed by atoms with Gasteiger partial charge >= 0.3 is 0 Å². The lowest BCUT2D eigenvalue weighted by atomic mass is 9.53. The highest BCUT2D eigenvalue weighted by atomic mass is 16.5. The molecule has 0 bridgehead atoms. The smallest absolute Gasteiger partial charge is 0.164 e. The fourth-order valence-electron chi connectivity index (χ4n) is 10.4. The standard InChI is InChI=1S/C61H43N3O/c1-60(2)49-29-11-13-31-51(49)61(52-32-14-12-30-50(52)60)53-33-15-16-34-55(53)65-56-39-44(35-36-54(56)61)47-27-9-10-28-48(47)59-63-57(45-25-17-23-42(37-45)40-19-5-3-6-20-40)62-58(64-59)46-26-18-24-43(38-46)41-21-7-4-8-22-41/h3-39H,1-2H3. The van der Waals surface area contributed by atoms with Crippen LogP contribution in [-0.2, 0) is 10.8 Å². The third kappa shape index (κ3) is 6.24. The number of nitrogens with zero attached hydrogens (tertiary/aromatic N) is 3. The Balaban J connectivity index is 1.04. The second-order valence-corrected chi connectivity index (χ2v) is 17.5. The van der Waals surface area contributed by atoms with Crippen molar-refractivity contribution in [1.82, 2.24) is 15.0 Å². The van der Waals surface area contributed by atoms with E-state index in [1.807, 2.05) is 12.1 Å². The molecule has 0 atom stereocenters. The summed E-state index contributed by atoms with van der Waals surface area (Å²) in [6.45, 7) is 4.70. The summed E-state index contributed by atoms with van der Waals surface area (Å²) in [5.41, 5.74) is 15.9. The van der Waals surface area contributed by atoms with Gasteiger partial charge in [-0.05, 0) is 79.9 Å². The lowest BCUT2D eigenvalue weighted by Gasteiger charge is -2.50. The normalized spacial score (nSPS) is 13.8. The molecule has 1 spiro atoms. The summed E-state index contributed by atoms with van der Waals surface area (Å²) < 4.78 is 7.00. The minimum absolute atomic E-state index is 0.196. The van der Waals surface area contributed by atoms with Gasteiger partial charge in [-0.3, -0.25) is 0 Å². The van der Waals surface area contributed by atoms with E-state index in [2.05, 4.69) is 226 Å². The maximum Gasteiger partial charge on any atom is 0.164 e. The van der Waals surface area contributed by atoms with E-state index >= 15 is 0 Å². The van der Waals surface area contributed by atoms with Crippen LogP contribution in [0.25, 0.3) is 67.5 Å². The predicted octanol–water partition coefficient (Wildman–Crippen LogP) is 15.0. The van der Waals surface area contributed by atoms with Crippen molar-refractivity contribution in [3.63, 3.8) is 0 Å². The highest BCUT2D eigenvalue weighted by Crippen LogP contribution is 2.61. The van der Waals surface area contributed by atoms with Gasteiger partial charge in [-0.15, -0.1) is 0 Å². The first-order chi connectivity index (χ1) is 32.0. The van der Waals surface area contributed by atoms with E-state index in [9.17, 15) is 0 Å². The van der Waals surface area contributed by atoms with Crippen LogP contribution in [0, 0.1) is 0 Å². The summed E-state index contributed by atoms with van der Waals surface area (Å²) in [5, 5.41) is 0. The highest BCUT2D eigenvalue weighted by Gasteiger charge is 2.52. The van der Waals surface area contributed by atoms with Crippen molar-refractivity contribution in [3.8, 4) is 79.0 Å². The largest absolute Gasteiger partial charge is 0.457 e. The Morgan fingerprint density at radius 1 is 0.292 bits per heavy atom. The van der Waals surface area contributed by atoms with Crippen LogP contribution in [0.4, 0.5) is 0 Å². The molecule has 4 nitrogen and oxygen atoms in total. The molecule has 0 N–H and O–H groups in total. The first kappa shape index (κ1) is 38.5. The number of aromatic nitrogens is 3. The molecule has 0 unspecified atom stereocenters. The van der Waals surface area contributed by atoms with Gasteiger partial charge in [-0.25, -0.2) is 15.0 Å². The van der Waals surface area contributed by atoms with Crippen molar-refractivity contribution < 1.29 is 4.74 Å². The van der Waals surface area contributed by atoms with Gasteiger partial charge in [0, 0.05) is 33.2 Å². The molecule has 0 fully saturated rings. The maximum atomic E-state index is 7.00. The second kappa shape index (κ2) is 15.3. The van der Waals surface area contributed by atoms with Crippen molar-refractivity contribution in [3.05, 3.63) is 258 Å². The minimum Gasteiger partial charge on any atom is -0.457 e. The molecule has 4 heteroatoms. The zero-order valence-corrected chi connectivity index (χ0v) is 36.1. The Morgan fingerprint density at radius 2 is 0.723 bits per heavy atom. The van der Waals surface area contributed by atoms with Crippen molar-refractivity contribution >= 4 is 0 Å². The number of para-hydroxylation sites is 1. The van der Waals surface area contributed by atoms with Gasteiger partial charge in [0.15, 0.2) is 17.5 Å². The van der Waals surface area contributed by atoms with Gasteiger partial charge < -0.3 is 4.74 Å². The molecule has 12 rings (SSSR count). The van der Waals surface area contributed by atoms with Gasteiger partial charge in [0.25, 0.3) is 0 Å². The molecule has 1 aromatic heterocycles. The molecule has 0 radical (unpaired) electrons. The number of fused-ring (bicyclic) bond motifs is 8. The molecular weight excluding hydrogens is 791 g/mol. The number of rotatable bonds is 6. The van der Waals surface area contributed by atoms with E-state index in [0.717, 1.165) is 72.7 Å². The molecule has 1 aliphatic carbocycles. The number of hydrogen-bond donors (Lipinski definition) is 0. The lowest BCUT2D eigenvalue weighted by Crippen LogP contribution is -2.43. The van der Waals surface area contributed by atoms with Crippen LogP contribution in [0.2, 0.25) is 0 Å². The zero-order valence-electron chi connectivity index (χ0n) is 36.1. The molecule has 9 aromatic carbocycles. The van der Waals surface area contributed by atoms with Gasteiger partial charge in [0.05, 0.1) is 5.41 Å². The first-order valence-corrected chi connectivity index (χ1v) is 22.3. The van der Waals surface area contributed by atoms with Crippen LogP contribution in [-0.4, -0.2) is 15.0 Å². The molecule has 65 heavy (non-hydrogen) atoms. The van der Waals surface area contributed by atoms with E-state index in [0.29, 0.717) is 17.5 Å². The molecule has 0 amide bonds. The summed E-state index contributed by atoms with van der Waals surface area (Å²) in [6, 6.07) is 79.5. The first-order valence-electron chi connectivity index (χ1n) is 22.3. The molecule has 2 aliphatic rings. The average Bonchev–Trinajstić information content (AvgIpc) is 3.38. The molecule has 308 valence electrons. The van der Waals surface area contributed by atoms with Crippen LogP contribution in [0.5, 0.6) is 11.5 Å². The third-order valence-electron chi connectivity index (χ3n) is 13.5. The van der Waals surface area contributed by atoms with E-state index < -0.39 is 5.41 Å². The summed E-state index contributed by atoms with van der Waals surface area (Å²) in [6.07, 6.45) is 0. The van der Waals surface area contributed by atoms with Crippen LogP contribution in [0.3, 0.4) is 0 Å². The van der Waals surface area contributed by atoms with E-state index in [1.54, 1.807) is 0 Å². The molecule has 2 heterocycles. The lowest BCUT2D eigenvalue weighted by molar-refractivity contribution is 0.425. The van der Waals surface area contributed by atoms with E-state index in [4.69, 9.17) is 19.7 Å². The van der Waals surface area contributed by atoms with Crippen LogP contribution in [0.1, 0.15) is 47.2 Å². The summed E-state index contributed by atoms with van der Waals surface area (Å²) in [7, 11) is 0. The zero-order chi connectivity index (χ0) is 43.5. The van der Waals surface area contributed by atoms with Crippen molar-refractivity contribution in [2.75, 3.05) is 0 Å². The fourth-order valence-corrected chi connectivity index (χ4v) is 10.4. The summed E-state index contributed by atoms with van der Waals surface area (Å²) in [5.74, 6) is 3.48. The fraction of sp³-hybridized carbons (Fsp3) is 0.0656. The Morgan fingerprint density at radius 3 is 1.31 bits per heavy atom. The van der Waals surface area contributed by atoms with Gasteiger partial charge in [0.2, 0.25) is 0 Å². The van der Waals surface area contributed by atoms with Crippen LogP contribution < -0.4 is 4.74 Å². The van der Waals surface area contributed by atoms with E-state index in [-0.39, 0.29) is 5.41 Å². The third-order valence-corrected chi connectivity index (χ3v) is 13.5. The maximum absolute atomic E-state index is 7.00. The van der Waals surface area contributed by atoms with Crippen LogP contribution in [0.15, 0.2) is 224 Å². The Bertz CT molecular complexity index is 3300. The topological polar surface area (TPSA) is 47.9 Å². The Labute approximate surface area is 379 Å². The molecule has 10 aromatic rings. The molecule has 0 saturated carbocycles.